The van der Waals surface area contributed by atoms with Gasteiger partial charge in [-0.1, -0.05) is 0 Å². The second kappa shape index (κ2) is 3.78. The Bertz CT molecular complexity index is 135. The van der Waals surface area contributed by atoms with E-state index in [2.05, 4.69) is 16.2 Å². The molecule has 0 fully saturated rings. The molecule has 0 aliphatic heterocycles. The zero-order valence-electron chi connectivity index (χ0n) is 5.04. The third-order valence-corrected chi connectivity index (χ3v) is 0.746. The van der Waals surface area contributed by atoms with Crippen LogP contribution in [0.3, 0.4) is 0 Å². The molecule has 0 spiro atoms. The second-order valence-electron chi connectivity index (χ2n) is 1.46. The first-order valence-corrected chi connectivity index (χ1v) is 2.35. The monoisotopic (exact) mass is 150 g/mol. The summed E-state index contributed by atoms with van der Waals surface area (Å²) >= 11 is 0. The van der Waals surface area contributed by atoms with Crippen LogP contribution in [0.5, 0.6) is 0 Å². The van der Waals surface area contributed by atoms with Crippen LogP contribution >= 0.6 is 0 Å². The summed E-state index contributed by atoms with van der Waals surface area (Å²) in [6, 6.07) is 0. The van der Waals surface area contributed by atoms with Gasteiger partial charge in [-0.15, -0.1) is 0 Å². The minimum atomic E-state index is -1.66. The van der Waals surface area contributed by atoms with Crippen LogP contribution in [0.4, 0.5) is 4.39 Å². The first-order chi connectivity index (χ1) is 4.59. The minimum absolute atomic E-state index is 1.09. The molecule has 0 aromatic heterocycles. The summed E-state index contributed by atoms with van der Waals surface area (Å²) in [6.45, 7) is -1.27. The molecule has 0 aliphatic carbocycles. The number of halogens is 1. The largest absolute Gasteiger partial charge is 0.367 e. The van der Waals surface area contributed by atoms with Crippen molar-refractivity contribution in [2.45, 2.75) is 6.10 Å². The maximum Gasteiger partial charge on any atom is 0.256 e. The van der Waals surface area contributed by atoms with Gasteiger partial charge in [0.25, 0.3) is 11.8 Å². The average Bonchev–Trinajstić information content (AvgIpc) is 1.81. The van der Waals surface area contributed by atoms with E-state index in [1.807, 2.05) is 0 Å². The van der Waals surface area contributed by atoms with Crippen molar-refractivity contribution in [2.24, 2.45) is 11.5 Å². The van der Waals surface area contributed by atoms with Crippen molar-refractivity contribution in [3.05, 3.63) is 0 Å². The van der Waals surface area contributed by atoms with Crippen LogP contribution in [0, 0.1) is 0 Å². The first-order valence-electron chi connectivity index (χ1n) is 2.35. The van der Waals surface area contributed by atoms with Gasteiger partial charge in [0.05, 0.1) is 0 Å². The Hall–Kier alpha value is -1.17. The molecule has 0 saturated carbocycles. The molecule has 10 heavy (non-hydrogen) atoms. The number of nitrogens with two attached hydrogens (primary N) is 2. The second-order valence-corrected chi connectivity index (χ2v) is 1.46. The molecule has 0 aromatic carbocycles. The van der Waals surface area contributed by atoms with Crippen LogP contribution in [0.1, 0.15) is 0 Å². The van der Waals surface area contributed by atoms with E-state index in [1.54, 1.807) is 0 Å². The average molecular weight is 150 g/mol. The predicted octanol–water partition coefficient (Wildman–Crippen LogP) is -1.73. The van der Waals surface area contributed by atoms with Crippen molar-refractivity contribution in [3.8, 4) is 0 Å². The molecule has 4 N–H and O–H groups in total. The molecule has 5 nitrogen and oxygen atoms in total. The maximum absolute atomic E-state index is 11.3. The van der Waals surface area contributed by atoms with Crippen molar-refractivity contribution >= 4 is 11.8 Å². The number of alkyl halides is 1. The van der Waals surface area contributed by atoms with Crippen molar-refractivity contribution < 1.29 is 18.7 Å². The predicted molar refractivity (Wildman–Crippen MR) is 29.2 cm³/mol. The van der Waals surface area contributed by atoms with Gasteiger partial charge in [-0.05, 0) is 0 Å². The van der Waals surface area contributed by atoms with Gasteiger partial charge in [-0.2, -0.15) is 0 Å². The molecule has 2 amide bonds. The first kappa shape index (κ1) is 8.83. The van der Waals surface area contributed by atoms with Gasteiger partial charge < -0.3 is 16.2 Å². The normalized spacial score (nSPS) is 9.80. The summed E-state index contributed by atoms with van der Waals surface area (Å²) in [5, 5.41) is 0. The molecule has 0 saturated heterocycles. The Morgan fingerprint density at radius 3 is 1.90 bits per heavy atom. The fraction of sp³-hybridized carbons (Fsp3) is 0.500. The van der Waals surface area contributed by atoms with E-state index in [0.29, 0.717) is 0 Å². The summed E-state index contributed by atoms with van der Waals surface area (Å²) in [5.41, 5.74) is 9.18. The van der Waals surface area contributed by atoms with Gasteiger partial charge in [-0.25, -0.2) is 4.39 Å². The van der Waals surface area contributed by atoms with Crippen molar-refractivity contribution in [3.63, 3.8) is 0 Å². The van der Waals surface area contributed by atoms with E-state index in [1.165, 1.54) is 0 Å². The molecule has 58 valence electrons. The summed E-state index contributed by atoms with van der Waals surface area (Å²) in [6.07, 6.45) is -1.66. The number of carbonyl (C=O) groups excluding carboxylic acids is 2. The number of hydrogen-bond acceptors (Lipinski definition) is 3. The standard InChI is InChI=1S/C4H7FN2O3/c5-1-10-2(3(6)8)4(7)9/h2H,1H2,(H2,6,8)(H2,7,9). The highest BCUT2D eigenvalue weighted by molar-refractivity contribution is 6.01. The Morgan fingerprint density at radius 1 is 1.40 bits per heavy atom. The summed E-state index contributed by atoms with van der Waals surface area (Å²) in [5.74, 6) is -2.18. The zero-order chi connectivity index (χ0) is 8.15. The minimum Gasteiger partial charge on any atom is -0.367 e. The maximum atomic E-state index is 11.3. The van der Waals surface area contributed by atoms with Crippen molar-refractivity contribution in [2.75, 3.05) is 6.86 Å². The lowest BCUT2D eigenvalue weighted by Gasteiger charge is -2.05. The highest BCUT2D eigenvalue weighted by atomic mass is 19.1. The van der Waals surface area contributed by atoms with Gasteiger partial charge >= 0.3 is 0 Å². The Morgan fingerprint density at radius 2 is 1.80 bits per heavy atom. The SMILES string of the molecule is NC(=O)C(OCF)C(N)=O. The Labute approximate surface area is 56.1 Å². The van der Waals surface area contributed by atoms with Crippen LogP contribution < -0.4 is 11.5 Å². The van der Waals surface area contributed by atoms with Gasteiger partial charge in [-0.3, -0.25) is 9.59 Å². The van der Waals surface area contributed by atoms with Gasteiger partial charge in [0.2, 0.25) is 6.10 Å². The molecular weight excluding hydrogens is 143 g/mol. The number of amides is 2. The van der Waals surface area contributed by atoms with E-state index < -0.39 is 24.8 Å². The van der Waals surface area contributed by atoms with Crippen LogP contribution in [-0.4, -0.2) is 24.8 Å². The van der Waals surface area contributed by atoms with E-state index in [9.17, 15) is 14.0 Å². The number of ether oxygens (including phenoxy) is 1. The van der Waals surface area contributed by atoms with Crippen LogP contribution in [0.25, 0.3) is 0 Å². The Kier molecular flexibility index (Phi) is 3.34. The third-order valence-electron chi connectivity index (χ3n) is 0.746. The van der Waals surface area contributed by atoms with E-state index in [4.69, 9.17) is 0 Å². The smallest absolute Gasteiger partial charge is 0.256 e. The molecule has 0 aliphatic rings. The van der Waals surface area contributed by atoms with Crippen LogP contribution in [-0.2, 0) is 14.3 Å². The summed E-state index contributed by atoms with van der Waals surface area (Å²) in [7, 11) is 0. The molecule has 0 aromatic rings. The molecule has 0 bridgehead atoms. The van der Waals surface area contributed by atoms with E-state index in [-0.39, 0.29) is 0 Å². The summed E-state index contributed by atoms with van der Waals surface area (Å²) < 4.78 is 15.3. The highest BCUT2D eigenvalue weighted by Gasteiger charge is 2.21. The third kappa shape index (κ3) is 2.40. The van der Waals surface area contributed by atoms with Crippen molar-refractivity contribution in [1.82, 2.24) is 0 Å². The molecular formula is C4H7FN2O3. The number of carbonyl (C=O) groups is 2. The number of hydrogen-bond donors (Lipinski definition) is 2. The quantitative estimate of drug-likeness (QED) is 0.466. The molecule has 0 unspecified atom stereocenters. The van der Waals surface area contributed by atoms with Crippen molar-refractivity contribution in [1.29, 1.82) is 0 Å². The number of primary amides is 2. The highest BCUT2D eigenvalue weighted by Crippen LogP contribution is 1.89. The number of rotatable bonds is 4. The van der Waals surface area contributed by atoms with Crippen LogP contribution in [0.15, 0.2) is 0 Å². The fourth-order valence-electron chi connectivity index (χ4n) is 0.367. The lowest BCUT2D eigenvalue weighted by molar-refractivity contribution is -0.144. The lowest BCUT2D eigenvalue weighted by Crippen LogP contribution is -2.42. The molecule has 0 rings (SSSR count). The fourth-order valence-corrected chi connectivity index (χ4v) is 0.367. The van der Waals surface area contributed by atoms with E-state index >= 15 is 0 Å². The van der Waals surface area contributed by atoms with E-state index in [0.717, 1.165) is 0 Å². The topological polar surface area (TPSA) is 95.4 Å². The van der Waals surface area contributed by atoms with Crippen LogP contribution in [0.2, 0.25) is 0 Å². The molecule has 0 atom stereocenters. The molecule has 6 heteroatoms. The van der Waals surface area contributed by atoms with Gasteiger partial charge in [0, 0.05) is 0 Å². The zero-order valence-corrected chi connectivity index (χ0v) is 5.04. The molecule has 0 radical (unpaired) electrons. The summed E-state index contributed by atoms with van der Waals surface area (Å²) in [4.78, 5) is 20.3. The lowest BCUT2D eigenvalue weighted by atomic mass is 10.3. The van der Waals surface area contributed by atoms with Gasteiger partial charge in [0.1, 0.15) is 0 Å². The van der Waals surface area contributed by atoms with Gasteiger partial charge in [0.15, 0.2) is 6.86 Å². The Balaban J connectivity index is 3.98. The molecule has 0 heterocycles.